The molecule has 0 aromatic heterocycles. The van der Waals surface area contributed by atoms with Gasteiger partial charge in [0, 0.05) is 31.1 Å². The van der Waals surface area contributed by atoms with Gasteiger partial charge in [0.25, 0.3) is 0 Å². The summed E-state index contributed by atoms with van der Waals surface area (Å²) >= 11 is 0. The fourth-order valence-electron chi connectivity index (χ4n) is 2.10. The standard InChI is InChI=1S/C12H18N2O/c13-11-2-1-3-12(8-11)14-6-4-10(9-15)5-7-14/h1-3,8,10,15H,4-7,9,13H2. The van der Waals surface area contributed by atoms with Crippen molar-refractivity contribution in [3.8, 4) is 0 Å². The molecule has 1 saturated heterocycles. The molecule has 3 heteroatoms. The third-order valence-electron chi connectivity index (χ3n) is 3.11. The zero-order valence-corrected chi connectivity index (χ0v) is 8.89. The Morgan fingerprint density at radius 3 is 2.67 bits per heavy atom. The molecule has 15 heavy (non-hydrogen) atoms. The van der Waals surface area contributed by atoms with Crippen LogP contribution in [0, 0.1) is 5.92 Å². The number of hydrogen-bond donors (Lipinski definition) is 2. The molecule has 1 heterocycles. The van der Waals surface area contributed by atoms with Gasteiger partial charge in [0.15, 0.2) is 0 Å². The predicted octanol–water partition coefficient (Wildman–Crippen LogP) is 1.48. The lowest BCUT2D eigenvalue weighted by Gasteiger charge is -2.32. The summed E-state index contributed by atoms with van der Waals surface area (Å²) < 4.78 is 0. The molecule has 0 unspecified atom stereocenters. The van der Waals surface area contributed by atoms with Crippen molar-refractivity contribution in [2.45, 2.75) is 12.8 Å². The Morgan fingerprint density at radius 2 is 2.07 bits per heavy atom. The van der Waals surface area contributed by atoms with Crippen LogP contribution in [0.4, 0.5) is 11.4 Å². The van der Waals surface area contributed by atoms with Crippen molar-refractivity contribution in [1.82, 2.24) is 0 Å². The molecule has 0 atom stereocenters. The normalized spacial score (nSPS) is 18.1. The van der Waals surface area contributed by atoms with E-state index in [1.807, 2.05) is 18.2 Å². The zero-order chi connectivity index (χ0) is 10.7. The first kappa shape index (κ1) is 10.3. The Morgan fingerprint density at radius 1 is 1.33 bits per heavy atom. The van der Waals surface area contributed by atoms with E-state index in [2.05, 4.69) is 11.0 Å². The monoisotopic (exact) mass is 206 g/mol. The van der Waals surface area contributed by atoms with Gasteiger partial charge in [0.1, 0.15) is 0 Å². The second-order valence-electron chi connectivity index (χ2n) is 4.21. The second kappa shape index (κ2) is 4.53. The maximum atomic E-state index is 9.05. The summed E-state index contributed by atoms with van der Waals surface area (Å²) in [5, 5.41) is 9.05. The molecule has 0 spiro atoms. The van der Waals surface area contributed by atoms with Gasteiger partial charge in [-0.15, -0.1) is 0 Å². The number of aliphatic hydroxyl groups is 1. The van der Waals surface area contributed by atoms with Gasteiger partial charge in [-0.3, -0.25) is 0 Å². The van der Waals surface area contributed by atoms with Gasteiger partial charge in [-0.2, -0.15) is 0 Å². The molecule has 0 saturated carbocycles. The average molecular weight is 206 g/mol. The molecule has 3 N–H and O–H groups in total. The van der Waals surface area contributed by atoms with Crippen LogP contribution in [0.15, 0.2) is 24.3 Å². The quantitative estimate of drug-likeness (QED) is 0.721. The molecule has 82 valence electrons. The number of hydrogen-bond acceptors (Lipinski definition) is 3. The largest absolute Gasteiger partial charge is 0.399 e. The molecule has 3 nitrogen and oxygen atoms in total. The van der Waals surface area contributed by atoms with Gasteiger partial charge in [-0.25, -0.2) is 0 Å². The van der Waals surface area contributed by atoms with E-state index in [-0.39, 0.29) is 0 Å². The topological polar surface area (TPSA) is 49.5 Å². The van der Waals surface area contributed by atoms with E-state index in [1.54, 1.807) is 0 Å². The van der Waals surface area contributed by atoms with Gasteiger partial charge in [-0.1, -0.05) is 6.07 Å². The minimum Gasteiger partial charge on any atom is -0.399 e. The molecule has 1 aliphatic rings. The van der Waals surface area contributed by atoms with Crippen molar-refractivity contribution >= 4 is 11.4 Å². The third kappa shape index (κ3) is 2.42. The van der Waals surface area contributed by atoms with Crippen LogP contribution in [-0.2, 0) is 0 Å². The number of nitrogen functional groups attached to an aromatic ring is 1. The van der Waals surface area contributed by atoms with Crippen molar-refractivity contribution in [3.05, 3.63) is 24.3 Å². The minimum atomic E-state index is 0.324. The summed E-state index contributed by atoms with van der Waals surface area (Å²) in [6.07, 6.45) is 2.15. The summed E-state index contributed by atoms with van der Waals surface area (Å²) in [4.78, 5) is 2.34. The second-order valence-corrected chi connectivity index (χ2v) is 4.21. The van der Waals surface area contributed by atoms with Crippen LogP contribution in [0.1, 0.15) is 12.8 Å². The maximum Gasteiger partial charge on any atom is 0.0460 e. The van der Waals surface area contributed by atoms with Gasteiger partial charge in [0.05, 0.1) is 0 Å². The highest BCUT2D eigenvalue weighted by Gasteiger charge is 2.18. The maximum absolute atomic E-state index is 9.05. The van der Waals surface area contributed by atoms with Crippen LogP contribution in [0.3, 0.4) is 0 Å². The Kier molecular flexibility index (Phi) is 3.11. The van der Waals surface area contributed by atoms with E-state index in [1.165, 1.54) is 5.69 Å². The summed E-state index contributed by atoms with van der Waals surface area (Å²) in [5.41, 5.74) is 7.77. The minimum absolute atomic E-state index is 0.324. The third-order valence-corrected chi connectivity index (χ3v) is 3.11. The zero-order valence-electron chi connectivity index (χ0n) is 8.89. The summed E-state index contributed by atoms with van der Waals surface area (Å²) in [5.74, 6) is 0.488. The molecule has 2 rings (SSSR count). The van der Waals surface area contributed by atoms with Crippen LogP contribution in [0.2, 0.25) is 0 Å². The van der Waals surface area contributed by atoms with Crippen LogP contribution in [0.5, 0.6) is 0 Å². The summed E-state index contributed by atoms with van der Waals surface area (Å²) in [7, 11) is 0. The lowest BCUT2D eigenvalue weighted by Crippen LogP contribution is -2.34. The van der Waals surface area contributed by atoms with Crippen molar-refractivity contribution in [2.75, 3.05) is 30.3 Å². The molecule has 0 bridgehead atoms. The summed E-state index contributed by atoms with van der Waals surface area (Å²) in [6, 6.07) is 8.00. The van der Waals surface area contributed by atoms with Crippen LogP contribution in [0.25, 0.3) is 0 Å². The Bertz CT molecular complexity index is 319. The predicted molar refractivity (Wildman–Crippen MR) is 62.9 cm³/mol. The average Bonchev–Trinajstić information content (AvgIpc) is 2.29. The number of nitrogens with two attached hydrogens (primary N) is 1. The number of benzene rings is 1. The van der Waals surface area contributed by atoms with E-state index in [4.69, 9.17) is 10.8 Å². The van der Waals surface area contributed by atoms with E-state index < -0.39 is 0 Å². The molecular formula is C12H18N2O. The number of anilines is 2. The molecule has 1 aromatic rings. The van der Waals surface area contributed by atoms with Gasteiger partial charge in [0.2, 0.25) is 0 Å². The van der Waals surface area contributed by atoms with Gasteiger partial charge < -0.3 is 15.7 Å². The van der Waals surface area contributed by atoms with Gasteiger partial charge >= 0.3 is 0 Å². The Balaban J connectivity index is 2.01. The van der Waals surface area contributed by atoms with E-state index in [9.17, 15) is 0 Å². The number of aliphatic hydroxyl groups excluding tert-OH is 1. The molecule has 0 amide bonds. The SMILES string of the molecule is Nc1cccc(N2CCC(CO)CC2)c1. The molecule has 0 aliphatic carbocycles. The summed E-state index contributed by atoms with van der Waals surface area (Å²) in [6.45, 7) is 2.37. The fraction of sp³-hybridized carbons (Fsp3) is 0.500. The Hall–Kier alpha value is -1.22. The van der Waals surface area contributed by atoms with E-state index in [0.29, 0.717) is 12.5 Å². The fourth-order valence-corrected chi connectivity index (χ4v) is 2.10. The molecule has 1 aliphatic heterocycles. The number of piperidine rings is 1. The van der Waals surface area contributed by atoms with Crippen molar-refractivity contribution in [3.63, 3.8) is 0 Å². The Labute approximate surface area is 90.5 Å². The van der Waals surface area contributed by atoms with Crippen molar-refractivity contribution in [1.29, 1.82) is 0 Å². The number of nitrogens with zero attached hydrogens (tertiary/aromatic N) is 1. The first-order valence-electron chi connectivity index (χ1n) is 5.51. The highest BCUT2D eigenvalue weighted by Crippen LogP contribution is 2.24. The van der Waals surface area contributed by atoms with Gasteiger partial charge in [-0.05, 0) is 37.0 Å². The molecule has 0 radical (unpaired) electrons. The van der Waals surface area contributed by atoms with Crippen LogP contribution >= 0.6 is 0 Å². The number of rotatable bonds is 2. The van der Waals surface area contributed by atoms with Crippen molar-refractivity contribution in [2.24, 2.45) is 5.92 Å². The molecule has 1 fully saturated rings. The molecule has 1 aromatic carbocycles. The lowest BCUT2D eigenvalue weighted by molar-refractivity contribution is 0.203. The smallest absolute Gasteiger partial charge is 0.0460 e. The highest BCUT2D eigenvalue weighted by atomic mass is 16.3. The molecular weight excluding hydrogens is 188 g/mol. The lowest BCUT2D eigenvalue weighted by atomic mass is 9.97. The van der Waals surface area contributed by atoms with Crippen LogP contribution in [-0.4, -0.2) is 24.8 Å². The van der Waals surface area contributed by atoms with E-state index >= 15 is 0 Å². The highest BCUT2D eigenvalue weighted by molar-refractivity contribution is 5.56. The van der Waals surface area contributed by atoms with E-state index in [0.717, 1.165) is 31.6 Å². The first-order chi connectivity index (χ1) is 7.29. The first-order valence-corrected chi connectivity index (χ1v) is 5.51. The van der Waals surface area contributed by atoms with Crippen LogP contribution < -0.4 is 10.6 Å². The van der Waals surface area contributed by atoms with Crippen molar-refractivity contribution < 1.29 is 5.11 Å².